The minimum absolute atomic E-state index is 0.0914. The van der Waals surface area contributed by atoms with Crippen molar-refractivity contribution in [2.45, 2.75) is 64.2 Å². The van der Waals surface area contributed by atoms with Gasteiger partial charge in [-0.15, -0.1) is 11.3 Å². The number of Topliss-reactive ketones (excluding diaryl/α,β-unsaturated/α-hetero) is 1. The van der Waals surface area contributed by atoms with Crippen molar-refractivity contribution in [3.8, 4) is 0 Å². The molecule has 1 aromatic heterocycles. The molecule has 1 aromatic carbocycles. The zero-order valence-corrected chi connectivity index (χ0v) is 19.6. The highest BCUT2D eigenvalue weighted by Crippen LogP contribution is 2.32. The fraction of sp³-hybridized carbons (Fsp3) is 0.542. The smallest absolute Gasteiger partial charge is 0.321 e. The summed E-state index contributed by atoms with van der Waals surface area (Å²) in [6, 6.07) is 5.41. The number of anilines is 1. The number of likely N-dealkylation sites (tertiary alicyclic amines) is 1. The predicted molar refractivity (Wildman–Crippen MR) is 126 cm³/mol. The number of amides is 2. The summed E-state index contributed by atoms with van der Waals surface area (Å²) in [7, 11) is 0. The van der Waals surface area contributed by atoms with E-state index < -0.39 is 0 Å². The Balaban J connectivity index is 1.29. The van der Waals surface area contributed by atoms with Crippen LogP contribution in [-0.4, -0.2) is 34.8 Å². The van der Waals surface area contributed by atoms with E-state index in [1.165, 1.54) is 32.1 Å². The summed E-state index contributed by atoms with van der Waals surface area (Å²) in [4.78, 5) is 31.9. The van der Waals surface area contributed by atoms with Crippen LogP contribution in [0.4, 0.5) is 10.5 Å². The summed E-state index contributed by atoms with van der Waals surface area (Å²) >= 11 is 7.65. The third kappa shape index (κ3) is 5.66. The Bertz CT molecular complexity index is 931. The molecule has 1 saturated carbocycles. The molecule has 0 radical (unpaired) electrons. The summed E-state index contributed by atoms with van der Waals surface area (Å²) in [6.07, 6.45) is 8.55. The van der Waals surface area contributed by atoms with Gasteiger partial charge < -0.3 is 10.2 Å². The van der Waals surface area contributed by atoms with E-state index in [1.807, 2.05) is 29.3 Å². The third-order valence-corrected chi connectivity index (χ3v) is 7.82. The number of aromatic nitrogens is 1. The maximum atomic E-state index is 12.7. The highest BCUT2D eigenvalue weighted by molar-refractivity contribution is 7.09. The van der Waals surface area contributed by atoms with Gasteiger partial charge in [0.2, 0.25) is 0 Å². The van der Waals surface area contributed by atoms with Crippen LogP contribution in [0.1, 0.15) is 78.3 Å². The Morgan fingerprint density at radius 1 is 1.16 bits per heavy atom. The average Bonchev–Trinajstić information content (AvgIpc) is 3.28. The number of ketones is 1. The number of hydrogen-bond acceptors (Lipinski definition) is 4. The van der Waals surface area contributed by atoms with E-state index in [0.717, 1.165) is 29.1 Å². The van der Waals surface area contributed by atoms with Crippen molar-refractivity contribution >= 4 is 40.4 Å². The Labute approximate surface area is 193 Å². The molecule has 4 rings (SSSR count). The molecule has 0 bridgehead atoms. The number of carbonyl (C=O) groups is 2. The first-order valence-corrected chi connectivity index (χ1v) is 12.6. The number of benzene rings is 1. The van der Waals surface area contributed by atoms with Crippen LogP contribution < -0.4 is 5.32 Å². The van der Waals surface area contributed by atoms with Crippen molar-refractivity contribution in [3.63, 3.8) is 0 Å². The number of hydrogen-bond donors (Lipinski definition) is 1. The first-order valence-electron chi connectivity index (χ1n) is 11.3. The fourth-order valence-electron chi connectivity index (χ4n) is 4.61. The standard InChI is InChI=1S/C24H30ClN3O2S/c1-16-7-8-19(25)14-20(16)27-24(30)28-11-9-18(10-12-28)23-26-21(15-31-23)22(29)13-17-5-3-2-4-6-17/h7-8,14-15,17-18H,2-6,9-13H2,1H3,(H,27,30). The number of urea groups is 1. The van der Waals surface area contributed by atoms with Crippen molar-refractivity contribution in [1.29, 1.82) is 0 Å². The van der Waals surface area contributed by atoms with E-state index in [2.05, 4.69) is 5.32 Å². The van der Waals surface area contributed by atoms with Crippen LogP contribution in [0.25, 0.3) is 0 Å². The molecule has 31 heavy (non-hydrogen) atoms. The maximum absolute atomic E-state index is 12.7. The molecule has 0 unspecified atom stereocenters. The molecule has 1 saturated heterocycles. The number of aryl methyl sites for hydroxylation is 1. The average molecular weight is 460 g/mol. The molecule has 2 heterocycles. The summed E-state index contributed by atoms with van der Waals surface area (Å²) < 4.78 is 0. The lowest BCUT2D eigenvalue weighted by Crippen LogP contribution is -2.40. The van der Waals surface area contributed by atoms with Gasteiger partial charge in [0.05, 0.1) is 5.01 Å². The Morgan fingerprint density at radius 3 is 2.65 bits per heavy atom. The van der Waals surface area contributed by atoms with Gasteiger partial charge in [-0.2, -0.15) is 0 Å². The number of rotatable bonds is 5. The van der Waals surface area contributed by atoms with E-state index in [0.29, 0.717) is 42.1 Å². The van der Waals surface area contributed by atoms with Crippen molar-refractivity contribution in [3.05, 3.63) is 44.9 Å². The number of thiazole rings is 1. The van der Waals surface area contributed by atoms with Crippen LogP contribution in [0.2, 0.25) is 5.02 Å². The molecule has 5 nitrogen and oxygen atoms in total. The van der Waals surface area contributed by atoms with Crippen LogP contribution in [0.5, 0.6) is 0 Å². The SMILES string of the molecule is Cc1ccc(Cl)cc1NC(=O)N1CCC(c2nc(C(=O)CC3CCCCC3)cs2)CC1. The largest absolute Gasteiger partial charge is 0.324 e. The molecule has 2 aliphatic rings. The topological polar surface area (TPSA) is 62.3 Å². The van der Waals surface area contributed by atoms with Gasteiger partial charge in [-0.25, -0.2) is 9.78 Å². The molecule has 1 N–H and O–H groups in total. The first-order chi connectivity index (χ1) is 15.0. The molecule has 166 valence electrons. The molecular weight excluding hydrogens is 430 g/mol. The minimum atomic E-state index is -0.0914. The van der Waals surface area contributed by atoms with Gasteiger partial charge in [0.15, 0.2) is 5.78 Å². The molecule has 1 aliphatic heterocycles. The molecule has 1 aliphatic carbocycles. The minimum Gasteiger partial charge on any atom is -0.324 e. The molecule has 0 spiro atoms. The summed E-state index contributed by atoms with van der Waals surface area (Å²) in [5.74, 6) is 1.05. The lowest BCUT2D eigenvalue weighted by atomic mass is 9.85. The highest BCUT2D eigenvalue weighted by atomic mass is 35.5. The normalized spacial score (nSPS) is 18.2. The van der Waals surface area contributed by atoms with Crippen molar-refractivity contribution < 1.29 is 9.59 Å². The second kappa shape index (κ2) is 10.1. The van der Waals surface area contributed by atoms with Gasteiger partial charge in [-0.05, 0) is 43.4 Å². The number of nitrogens with one attached hydrogen (secondary N) is 1. The monoisotopic (exact) mass is 459 g/mol. The van der Waals surface area contributed by atoms with Crippen LogP contribution in [0.3, 0.4) is 0 Å². The van der Waals surface area contributed by atoms with Gasteiger partial charge in [0.25, 0.3) is 0 Å². The number of carbonyl (C=O) groups excluding carboxylic acids is 2. The van der Waals surface area contributed by atoms with E-state index in [9.17, 15) is 9.59 Å². The number of nitrogens with zero attached hydrogens (tertiary/aromatic N) is 2. The van der Waals surface area contributed by atoms with E-state index in [4.69, 9.17) is 16.6 Å². The molecule has 2 fully saturated rings. The van der Waals surface area contributed by atoms with Gasteiger partial charge in [0, 0.05) is 41.5 Å². The van der Waals surface area contributed by atoms with Gasteiger partial charge in [0.1, 0.15) is 5.69 Å². The zero-order chi connectivity index (χ0) is 21.8. The second-order valence-corrected chi connectivity index (χ2v) is 10.2. The lowest BCUT2D eigenvalue weighted by Gasteiger charge is -2.31. The van der Waals surface area contributed by atoms with E-state index in [-0.39, 0.29) is 11.8 Å². The van der Waals surface area contributed by atoms with E-state index in [1.54, 1.807) is 17.4 Å². The maximum Gasteiger partial charge on any atom is 0.321 e. The van der Waals surface area contributed by atoms with E-state index >= 15 is 0 Å². The summed E-state index contributed by atoms with van der Waals surface area (Å²) in [6.45, 7) is 3.32. The quantitative estimate of drug-likeness (QED) is 0.508. The highest BCUT2D eigenvalue weighted by Gasteiger charge is 2.27. The van der Waals surface area contributed by atoms with Crippen LogP contribution in [-0.2, 0) is 0 Å². The molecule has 7 heteroatoms. The molecule has 0 atom stereocenters. The second-order valence-electron chi connectivity index (χ2n) is 8.85. The number of halogens is 1. The van der Waals surface area contributed by atoms with Gasteiger partial charge in [-0.3, -0.25) is 4.79 Å². The van der Waals surface area contributed by atoms with Crippen molar-refractivity contribution in [1.82, 2.24) is 9.88 Å². The molecular formula is C24H30ClN3O2S. The van der Waals surface area contributed by atoms with Gasteiger partial charge in [-0.1, -0.05) is 49.8 Å². The Kier molecular flexibility index (Phi) is 7.28. The number of piperidine rings is 1. The Morgan fingerprint density at radius 2 is 1.90 bits per heavy atom. The first kappa shape index (κ1) is 22.3. The van der Waals surface area contributed by atoms with Crippen LogP contribution in [0, 0.1) is 12.8 Å². The summed E-state index contributed by atoms with van der Waals surface area (Å²) in [5.41, 5.74) is 2.38. The van der Waals surface area contributed by atoms with Crippen molar-refractivity contribution in [2.24, 2.45) is 5.92 Å². The third-order valence-electron chi connectivity index (χ3n) is 6.58. The van der Waals surface area contributed by atoms with Gasteiger partial charge >= 0.3 is 6.03 Å². The molecule has 2 aromatic rings. The lowest BCUT2D eigenvalue weighted by molar-refractivity contribution is 0.0945. The summed E-state index contributed by atoms with van der Waals surface area (Å²) in [5, 5.41) is 6.56. The fourth-order valence-corrected chi connectivity index (χ4v) is 5.78. The Hall–Kier alpha value is -1.92. The zero-order valence-electron chi connectivity index (χ0n) is 18.0. The van der Waals surface area contributed by atoms with Crippen molar-refractivity contribution in [2.75, 3.05) is 18.4 Å². The van der Waals surface area contributed by atoms with Crippen LogP contribution in [0.15, 0.2) is 23.6 Å². The predicted octanol–water partition coefficient (Wildman–Crippen LogP) is 6.67. The molecule has 2 amide bonds. The van der Waals surface area contributed by atoms with Crippen LogP contribution >= 0.6 is 22.9 Å².